The van der Waals surface area contributed by atoms with E-state index in [0.717, 1.165) is 35.2 Å². The SMILES string of the molecule is [C-]#[N+]c1cc2c(Oc3ccc(CC(=O)Cc4ccc(OC)cc4)cc3)ccnc2cc1OCCCN(C)C. The van der Waals surface area contributed by atoms with Gasteiger partial charge in [0.25, 0.3) is 0 Å². The van der Waals surface area contributed by atoms with Crippen molar-refractivity contribution in [3.63, 3.8) is 0 Å². The van der Waals surface area contributed by atoms with Crippen LogP contribution in [0.1, 0.15) is 17.5 Å². The molecular formula is C31H31N3O4. The summed E-state index contributed by atoms with van der Waals surface area (Å²) in [6, 6.07) is 20.4. The van der Waals surface area contributed by atoms with Crippen molar-refractivity contribution in [2.45, 2.75) is 19.3 Å². The number of hydrogen-bond acceptors (Lipinski definition) is 6. The van der Waals surface area contributed by atoms with Gasteiger partial charge in [-0.2, -0.15) is 0 Å². The predicted octanol–water partition coefficient (Wildman–Crippen LogP) is 6.27. The van der Waals surface area contributed by atoms with E-state index in [4.69, 9.17) is 20.8 Å². The van der Waals surface area contributed by atoms with Gasteiger partial charge in [0.2, 0.25) is 5.69 Å². The molecule has 0 aliphatic carbocycles. The standard InChI is InChI=1S/C31H31N3O4/c1-32-29-20-27-28(21-31(29)37-17-5-16-34(2)3)33-15-14-30(27)38-26-12-8-23(9-13-26)19-24(35)18-22-6-10-25(36-4)11-7-22/h6-15,20-21H,5,16-19H2,2-4H3. The van der Waals surface area contributed by atoms with E-state index in [-0.39, 0.29) is 5.78 Å². The minimum absolute atomic E-state index is 0.135. The number of pyridine rings is 1. The van der Waals surface area contributed by atoms with Gasteiger partial charge in [-0.3, -0.25) is 9.78 Å². The topological polar surface area (TPSA) is 65.2 Å². The minimum Gasteiger partial charge on any atom is -0.504 e. The molecule has 0 saturated heterocycles. The molecule has 0 unspecified atom stereocenters. The molecule has 0 aliphatic heterocycles. The Kier molecular flexibility index (Phi) is 8.91. The van der Waals surface area contributed by atoms with Crippen LogP contribution in [0.15, 0.2) is 72.9 Å². The Hall–Kier alpha value is -4.41. The Morgan fingerprint density at radius 1 is 0.921 bits per heavy atom. The van der Waals surface area contributed by atoms with Gasteiger partial charge in [0.05, 0.1) is 25.8 Å². The first kappa shape index (κ1) is 26.6. The van der Waals surface area contributed by atoms with E-state index in [0.29, 0.717) is 47.9 Å². The summed E-state index contributed by atoms with van der Waals surface area (Å²) in [4.78, 5) is 22.8. The molecule has 0 bridgehead atoms. The molecule has 0 N–H and O–H groups in total. The molecule has 0 atom stereocenters. The fraction of sp³-hybridized carbons (Fsp3) is 0.258. The lowest BCUT2D eigenvalue weighted by Crippen LogP contribution is -2.15. The number of rotatable bonds is 12. The molecule has 0 radical (unpaired) electrons. The van der Waals surface area contributed by atoms with Gasteiger partial charge in [0.1, 0.15) is 28.8 Å². The quantitative estimate of drug-likeness (QED) is 0.166. The van der Waals surface area contributed by atoms with Crippen LogP contribution in [-0.2, 0) is 17.6 Å². The highest BCUT2D eigenvalue weighted by Gasteiger charge is 2.12. The zero-order valence-electron chi connectivity index (χ0n) is 21.9. The maximum absolute atomic E-state index is 12.6. The highest BCUT2D eigenvalue weighted by Crippen LogP contribution is 2.37. The Labute approximate surface area is 223 Å². The lowest BCUT2D eigenvalue weighted by Gasteiger charge is -2.13. The lowest BCUT2D eigenvalue weighted by atomic mass is 10.0. The summed E-state index contributed by atoms with van der Waals surface area (Å²) >= 11 is 0. The number of methoxy groups -OCH3 is 1. The second-order valence-electron chi connectivity index (χ2n) is 9.25. The predicted molar refractivity (Wildman–Crippen MR) is 149 cm³/mol. The highest BCUT2D eigenvalue weighted by molar-refractivity contribution is 5.91. The fourth-order valence-corrected chi connectivity index (χ4v) is 4.06. The number of ether oxygens (including phenoxy) is 3. The van der Waals surface area contributed by atoms with E-state index in [9.17, 15) is 4.79 Å². The first-order valence-electron chi connectivity index (χ1n) is 12.4. The summed E-state index contributed by atoms with van der Waals surface area (Å²) in [6.45, 7) is 9.05. The van der Waals surface area contributed by atoms with Crippen molar-refractivity contribution in [1.82, 2.24) is 9.88 Å². The van der Waals surface area contributed by atoms with Gasteiger partial charge in [0, 0.05) is 31.0 Å². The highest BCUT2D eigenvalue weighted by atomic mass is 16.5. The number of carbonyl (C=O) groups excluding carboxylic acids is 1. The molecule has 4 aromatic rings. The van der Waals surface area contributed by atoms with Crippen LogP contribution < -0.4 is 14.2 Å². The smallest absolute Gasteiger partial charge is 0.229 e. The number of carbonyl (C=O) groups is 1. The molecule has 1 aromatic heterocycles. The van der Waals surface area contributed by atoms with Gasteiger partial charge >= 0.3 is 0 Å². The van der Waals surface area contributed by atoms with E-state index in [2.05, 4.69) is 14.7 Å². The number of benzene rings is 3. The molecule has 7 heteroatoms. The molecule has 0 fully saturated rings. The van der Waals surface area contributed by atoms with E-state index < -0.39 is 0 Å². The fourth-order valence-electron chi connectivity index (χ4n) is 4.06. The van der Waals surface area contributed by atoms with Crippen molar-refractivity contribution in [1.29, 1.82) is 0 Å². The van der Waals surface area contributed by atoms with Crippen molar-refractivity contribution in [3.05, 3.63) is 95.5 Å². The van der Waals surface area contributed by atoms with Crippen molar-refractivity contribution in [3.8, 4) is 23.0 Å². The van der Waals surface area contributed by atoms with Crippen LogP contribution in [0.4, 0.5) is 5.69 Å². The van der Waals surface area contributed by atoms with Gasteiger partial charge in [-0.25, -0.2) is 4.85 Å². The van der Waals surface area contributed by atoms with Gasteiger partial charge in [-0.05, 0) is 74.1 Å². The summed E-state index contributed by atoms with van der Waals surface area (Å²) < 4.78 is 17.2. The van der Waals surface area contributed by atoms with Crippen molar-refractivity contribution in [2.24, 2.45) is 0 Å². The van der Waals surface area contributed by atoms with Crippen molar-refractivity contribution in [2.75, 3.05) is 34.4 Å². The van der Waals surface area contributed by atoms with E-state index in [1.807, 2.05) is 62.6 Å². The summed E-state index contributed by atoms with van der Waals surface area (Å²) in [6.07, 6.45) is 3.26. The monoisotopic (exact) mass is 509 g/mol. The molecule has 194 valence electrons. The minimum atomic E-state index is 0.135. The summed E-state index contributed by atoms with van der Waals surface area (Å²) in [5.74, 6) is 2.67. The van der Waals surface area contributed by atoms with Crippen LogP contribution in [0.25, 0.3) is 15.7 Å². The van der Waals surface area contributed by atoms with Crippen LogP contribution in [0.2, 0.25) is 0 Å². The van der Waals surface area contributed by atoms with Crippen LogP contribution >= 0.6 is 0 Å². The zero-order valence-corrected chi connectivity index (χ0v) is 21.9. The Balaban J connectivity index is 1.42. The van der Waals surface area contributed by atoms with Crippen LogP contribution in [-0.4, -0.2) is 50.0 Å². The van der Waals surface area contributed by atoms with Gasteiger partial charge in [-0.1, -0.05) is 24.3 Å². The second kappa shape index (κ2) is 12.7. The van der Waals surface area contributed by atoms with Crippen LogP contribution in [0.3, 0.4) is 0 Å². The average molecular weight is 510 g/mol. The summed E-state index contributed by atoms with van der Waals surface area (Å²) in [7, 11) is 5.65. The van der Waals surface area contributed by atoms with E-state index in [1.54, 1.807) is 31.5 Å². The Morgan fingerprint density at radius 2 is 1.58 bits per heavy atom. The number of Topliss-reactive ketones (excluding diaryl/α,β-unsaturated/α-hetero) is 1. The Bertz CT molecular complexity index is 1420. The third kappa shape index (κ3) is 7.09. The maximum atomic E-state index is 12.6. The number of hydrogen-bond donors (Lipinski definition) is 0. The zero-order chi connectivity index (χ0) is 26.9. The third-order valence-electron chi connectivity index (χ3n) is 6.02. The normalized spacial score (nSPS) is 10.8. The summed E-state index contributed by atoms with van der Waals surface area (Å²) in [5.41, 5.74) is 2.99. The number of fused-ring (bicyclic) bond motifs is 1. The molecule has 38 heavy (non-hydrogen) atoms. The number of nitrogens with zero attached hydrogens (tertiary/aromatic N) is 3. The molecular weight excluding hydrogens is 478 g/mol. The molecule has 0 amide bonds. The number of ketones is 1. The molecule has 0 saturated carbocycles. The van der Waals surface area contributed by atoms with Gasteiger partial charge in [-0.15, -0.1) is 0 Å². The van der Waals surface area contributed by atoms with Gasteiger partial charge < -0.3 is 19.1 Å². The van der Waals surface area contributed by atoms with E-state index in [1.165, 1.54) is 0 Å². The first-order valence-corrected chi connectivity index (χ1v) is 12.4. The summed E-state index contributed by atoms with van der Waals surface area (Å²) in [5, 5.41) is 0.734. The van der Waals surface area contributed by atoms with Crippen molar-refractivity contribution >= 4 is 22.4 Å². The maximum Gasteiger partial charge on any atom is 0.229 e. The molecule has 7 nitrogen and oxygen atoms in total. The van der Waals surface area contributed by atoms with Gasteiger partial charge in [0.15, 0.2) is 0 Å². The molecule has 4 rings (SSSR count). The lowest BCUT2D eigenvalue weighted by molar-refractivity contribution is -0.117. The van der Waals surface area contributed by atoms with Crippen molar-refractivity contribution < 1.29 is 19.0 Å². The molecule has 0 aliphatic rings. The van der Waals surface area contributed by atoms with Crippen LogP contribution in [0.5, 0.6) is 23.0 Å². The average Bonchev–Trinajstić information content (AvgIpc) is 2.92. The largest absolute Gasteiger partial charge is 0.504 e. The third-order valence-corrected chi connectivity index (χ3v) is 6.02. The van der Waals surface area contributed by atoms with Crippen LogP contribution in [0, 0.1) is 6.57 Å². The molecule has 1 heterocycles. The first-order chi connectivity index (χ1) is 18.4. The van der Waals surface area contributed by atoms with E-state index >= 15 is 0 Å². The number of aromatic nitrogens is 1. The molecule has 3 aromatic carbocycles. The molecule has 0 spiro atoms. The second-order valence-corrected chi connectivity index (χ2v) is 9.25. The Morgan fingerprint density at radius 3 is 2.18 bits per heavy atom.